The summed E-state index contributed by atoms with van der Waals surface area (Å²) in [7, 11) is -2.40. The number of pyridine rings is 1. The van der Waals surface area contributed by atoms with Crippen LogP contribution in [0, 0.1) is 0 Å². The molecule has 0 saturated heterocycles. The van der Waals surface area contributed by atoms with Crippen molar-refractivity contribution in [2.45, 2.75) is 6.54 Å². The summed E-state index contributed by atoms with van der Waals surface area (Å²) in [6, 6.07) is 12.2. The van der Waals surface area contributed by atoms with Crippen molar-refractivity contribution in [3.63, 3.8) is 0 Å². The molecule has 164 valence electrons. The summed E-state index contributed by atoms with van der Waals surface area (Å²) in [5.74, 6) is 1.00. The Hall–Kier alpha value is -3.50. The fraction of sp³-hybridized carbons (Fsp3) is 0.143. The number of hydrogen-bond acceptors (Lipinski definition) is 7. The molecule has 1 aromatic carbocycles. The van der Waals surface area contributed by atoms with Gasteiger partial charge in [-0.25, -0.2) is 23.5 Å². The first kappa shape index (κ1) is 21.7. The Bertz CT molecular complexity index is 1490. The number of nitrogens with zero attached hydrogens (tertiary/aromatic N) is 6. The molecule has 1 N–H and O–H groups in total. The summed E-state index contributed by atoms with van der Waals surface area (Å²) >= 11 is 5.94. The quantitative estimate of drug-likeness (QED) is 0.429. The van der Waals surface area contributed by atoms with Crippen molar-refractivity contribution in [2.24, 2.45) is 4.36 Å². The Kier molecular flexibility index (Phi) is 5.81. The Balaban J connectivity index is 1.90. The van der Waals surface area contributed by atoms with Gasteiger partial charge >= 0.3 is 0 Å². The minimum Gasteiger partial charge on any atom is -0.324 e. The summed E-state index contributed by atoms with van der Waals surface area (Å²) in [6.07, 6.45) is 6.14. The summed E-state index contributed by atoms with van der Waals surface area (Å²) in [4.78, 5) is 26.3. The van der Waals surface area contributed by atoms with Gasteiger partial charge in [0.15, 0.2) is 17.3 Å². The maximum absolute atomic E-state index is 13.0. The van der Waals surface area contributed by atoms with Gasteiger partial charge in [0, 0.05) is 39.1 Å². The second-order valence-electron chi connectivity index (χ2n) is 7.18. The van der Waals surface area contributed by atoms with Crippen LogP contribution in [0.25, 0.3) is 16.9 Å². The Labute approximate surface area is 189 Å². The first-order chi connectivity index (χ1) is 15.2. The van der Waals surface area contributed by atoms with Gasteiger partial charge in [-0.3, -0.25) is 4.79 Å². The lowest BCUT2D eigenvalue weighted by atomic mass is 10.3. The monoisotopic (exact) mass is 469 g/mol. The number of halogens is 1. The molecule has 3 aromatic heterocycles. The molecule has 0 bridgehead atoms. The second kappa shape index (κ2) is 8.56. The molecule has 3 heterocycles. The van der Waals surface area contributed by atoms with E-state index in [0.717, 1.165) is 5.69 Å². The molecule has 0 atom stereocenters. The average molecular weight is 470 g/mol. The number of benzene rings is 1. The van der Waals surface area contributed by atoms with E-state index in [0.29, 0.717) is 33.6 Å². The fourth-order valence-corrected chi connectivity index (χ4v) is 3.76. The predicted octanol–water partition coefficient (Wildman–Crippen LogP) is 3.92. The van der Waals surface area contributed by atoms with Gasteiger partial charge in [-0.15, -0.1) is 6.58 Å². The highest BCUT2D eigenvalue weighted by molar-refractivity contribution is 7.92. The van der Waals surface area contributed by atoms with Crippen LogP contribution in [0.15, 0.2) is 70.5 Å². The molecule has 11 heteroatoms. The number of rotatable bonds is 6. The molecular formula is C21H20ClN7O2S. The van der Waals surface area contributed by atoms with E-state index in [-0.39, 0.29) is 12.1 Å². The van der Waals surface area contributed by atoms with Crippen molar-refractivity contribution in [2.75, 3.05) is 17.8 Å². The van der Waals surface area contributed by atoms with Gasteiger partial charge in [0.2, 0.25) is 5.95 Å². The van der Waals surface area contributed by atoms with Crippen molar-refractivity contribution >= 4 is 49.8 Å². The van der Waals surface area contributed by atoms with Crippen molar-refractivity contribution in [1.29, 1.82) is 0 Å². The molecule has 0 aliphatic carbocycles. The third kappa shape index (κ3) is 4.56. The van der Waals surface area contributed by atoms with Crippen LogP contribution in [-0.2, 0) is 16.3 Å². The molecule has 0 aliphatic rings. The molecular weight excluding hydrogens is 450 g/mol. The van der Waals surface area contributed by atoms with Gasteiger partial charge in [-0.2, -0.15) is 9.35 Å². The zero-order valence-corrected chi connectivity index (χ0v) is 19.0. The minimum absolute atomic E-state index is 0.233. The Morgan fingerprint density at radius 2 is 1.94 bits per heavy atom. The van der Waals surface area contributed by atoms with E-state index in [1.54, 1.807) is 53.2 Å². The van der Waals surface area contributed by atoms with E-state index < -0.39 is 9.73 Å². The molecule has 32 heavy (non-hydrogen) atoms. The molecule has 0 aliphatic heterocycles. The first-order valence-electron chi connectivity index (χ1n) is 9.52. The van der Waals surface area contributed by atoms with Crippen molar-refractivity contribution in [3.05, 3.63) is 76.7 Å². The van der Waals surface area contributed by atoms with Crippen LogP contribution in [0.3, 0.4) is 0 Å². The lowest BCUT2D eigenvalue weighted by Crippen LogP contribution is -2.22. The van der Waals surface area contributed by atoms with Gasteiger partial charge in [0.05, 0.1) is 6.54 Å². The number of hydrogen-bond donors (Lipinski definition) is 1. The molecule has 4 aromatic rings. The molecule has 0 radical (unpaired) electrons. The third-order valence-electron chi connectivity index (χ3n) is 4.33. The van der Waals surface area contributed by atoms with Crippen molar-refractivity contribution < 1.29 is 4.21 Å². The largest absolute Gasteiger partial charge is 0.324 e. The van der Waals surface area contributed by atoms with Crippen LogP contribution in [0.4, 0.5) is 17.5 Å². The van der Waals surface area contributed by atoms with Crippen LogP contribution >= 0.6 is 11.6 Å². The zero-order valence-electron chi connectivity index (χ0n) is 17.4. The topological polar surface area (TPSA) is 107 Å². The number of aromatic nitrogens is 5. The normalized spacial score (nSPS) is 11.5. The van der Waals surface area contributed by atoms with Crippen LogP contribution in [-0.4, -0.2) is 41.0 Å². The number of nitrogens with one attached hydrogen (secondary N) is 1. The van der Waals surface area contributed by atoms with Gasteiger partial charge < -0.3 is 5.32 Å². The standard InChI is InChI=1S/C21H20ClN7O2S/c1-4-12-28-20(30)16-13-23-21(24-15-10-8-14(22)9-11-15)26-19(16)29(28)18-7-5-6-17(25-18)27-32(2,3)31/h4-11,13H,1,12H2,2-3H3,(H,23,24,26). The number of anilines is 2. The van der Waals surface area contributed by atoms with E-state index >= 15 is 0 Å². The van der Waals surface area contributed by atoms with Gasteiger partial charge in [0.1, 0.15) is 5.39 Å². The molecule has 0 fully saturated rings. The molecule has 0 unspecified atom stereocenters. The Morgan fingerprint density at radius 1 is 1.19 bits per heavy atom. The summed E-state index contributed by atoms with van der Waals surface area (Å²) < 4.78 is 19.3. The van der Waals surface area contributed by atoms with E-state index in [1.807, 2.05) is 0 Å². The molecule has 4 rings (SSSR count). The van der Waals surface area contributed by atoms with Crippen LogP contribution in [0.5, 0.6) is 0 Å². The average Bonchev–Trinajstić information content (AvgIpc) is 3.00. The van der Waals surface area contributed by atoms with Crippen LogP contribution in [0.2, 0.25) is 5.02 Å². The SMILES string of the molecule is C=CCn1c(=O)c2cnc(Nc3ccc(Cl)cc3)nc2n1-c1cccc(N=S(C)(C)=O)n1. The maximum Gasteiger partial charge on any atom is 0.278 e. The highest BCUT2D eigenvalue weighted by Gasteiger charge is 2.18. The van der Waals surface area contributed by atoms with Crippen molar-refractivity contribution in [1.82, 2.24) is 24.3 Å². The summed E-state index contributed by atoms with van der Waals surface area (Å²) in [6.45, 7) is 3.97. The lowest BCUT2D eigenvalue weighted by molar-refractivity contribution is 0.597. The van der Waals surface area contributed by atoms with Crippen molar-refractivity contribution in [3.8, 4) is 5.82 Å². The molecule has 0 saturated carbocycles. The molecule has 0 amide bonds. The molecule has 0 spiro atoms. The zero-order chi connectivity index (χ0) is 22.9. The molecule has 9 nitrogen and oxygen atoms in total. The van der Waals surface area contributed by atoms with Crippen LogP contribution in [0.1, 0.15) is 0 Å². The number of fused-ring (bicyclic) bond motifs is 1. The third-order valence-corrected chi connectivity index (χ3v) is 5.21. The fourth-order valence-electron chi connectivity index (χ4n) is 3.08. The van der Waals surface area contributed by atoms with Gasteiger partial charge in [-0.1, -0.05) is 23.7 Å². The summed E-state index contributed by atoms with van der Waals surface area (Å²) in [5.41, 5.74) is 0.825. The van der Waals surface area contributed by atoms with Gasteiger partial charge in [0.25, 0.3) is 5.56 Å². The van der Waals surface area contributed by atoms with E-state index in [1.165, 1.54) is 23.4 Å². The van der Waals surface area contributed by atoms with E-state index in [9.17, 15) is 9.00 Å². The maximum atomic E-state index is 13.0. The smallest absolute Gasteiger partial charge is 0.278 e. The second-order valence-corrected chi connectivity index (χ2v) is 10.2. The van der Waals surface area contributed by atoms with E-state index in [4.69, 9.17) is 11.6 Å². The minimum atomic E-state index is -2.40. The van der Waals surface area contributed by atoms with Crippen LogP contribution < -0.4 is 10.9 Å². The highest BCUT2D eigenvalue weighted by Crippen LogP contribution is 2.21. The lowest BCUT2D eigenvalue weighted by Gasteiger charge is -2.11. The first-order valence-corrected chi connectivity index (χ1v) is 12.2. The van der Waals surface area contributed by atoms with E-state index in [2.05, 4.69) is 31.2 Å². The Morgan fingerprint density at radius 3 is 2.62 bits per heavy atom. The highest BCUT2D eigenvalue weighted by atomic mass is 35.5. The summed E-state index contributed by atoms with van der Waals surface area (Å²) in [5, 5.41) is 4.04. The predicted molar refractivity (Wildman–Crippen MR) is 128 cm³/mol. The number of allylic oxidation sites excluding steroid dienone is 1. The van der Waals surface area contributed by atoms with Gasteiger partial charge in [-0.05, 0) is 36.4 Å².